The van der Waals surface area contributed by atoms with E-state index in [1.807, 2.05) is 48.1 Å². The molecule has 0 spiro atoms. The Morgan fingerprint density at radius 2 is 1.94 bits per heavy atom. The van der Waals surface area contributed by atoms with Crippen LogP contribution in [0.2, 0.25) is 0 Å². The third-order valence-corrected chi connectivity index (χ3v) is 6.14. The van der Waals surface area contributed by atoms with Gasteiger partial charge in [0.1, 0.15) is 0 Å². The molecule has 0 saturated carbocycles. The maximum atomic E-state index is 12.8. The molecule has 1 aromatic heterocycles. The van der Waals surface area contributed by atoms with Crippen molar-refractivity contribution in [3.8, 4) is 0 Å². The number of hydrogen-bond donors (Lipinski definition) is 3. The lowest BCUT2D eigenvalue weighted by Crippen LogP contribution is -2.31. The first-order valence-electron chi connectivity index (χ1n) is 10.8. The Bertz CT molecular complexity index is 1150. The minimum absolute atomic E-state index is 0.0761. The fourth-order valence-electron chi connectivity index (χ4n) is 3.54. The highest BCUT2D eigenvalue weighted by Crippen LogP contribution is 2.27. The Balaban J connectivity index is 0.000000429. The molecule has 11 heteroatoms. The van der Waals surface area contributed by atoms with Gasteiger partial charge in [0.2, 0.25) is 0 Å². The van der Waals surface area contributed by atoms with Gasteiger partial charge in [-0.05, 0) is 48.4 Å². The summed E-state index contributed by atoms with van der Waals surface area (Å²) in [5.74, 6) is -2.83. The summed E-state index contributed by atoms with van der Waals surface area (Å²) >= 11 is 1.61. The summed E-state index contributed by atoms with van der Waals surface area (Å²) in [6.45, 7) is 5.93. The smallest absolute Gasteiger partial charge is 0.475 e. The molecular weight excluding hydrogens is 481 g/mol. The van der Waals surface area contributed by atoms with Gasteiger partial charge in [-0.2, -0.15) is 13.2 Å². The number of carboxylic acids is 1. The van der Waals surface area contributed by atoms with Crippen LogP contribution in [0.3, 0.4) is 0 Å². The van der Waals surface area contributed by atoms with Crippen LogP contribution < -0.4 is 10.6 Å². The maximum Gasteiger partial charge on any atom is 0.490 e. The Hall–Kier alpha value is -3.44. The van der Waals surface area contributed by atoms with Crippen molar-refractivity contribution in [3.63, 3.8) is 0 Å². The molecule has 0 atom stereocenters. The zero-order valence-electron chi connectivity index (χ0n) is 18.9. The molecule has 4 rings (SSSR count). The van der Waals surface area contributed by atoms with Crippen molar-refractivity contribution < 1.29 is 27.9 Å². The lowest BCUT2D eigenvalue weighted by atomic mass is 9.97. The van der Waals surface area contributed by atoms with Crippen molar-refractivity contribution >= 4 is 34.6 Å². The monoisotopic (exact) mass is 506 g/mol. The van der Waals surface area contributed by atoms with Crippen LogP contribution in [-0.2, 0) is 24.3 Å². The molecule has 0 radical (unpaired) electrons. The van der Waals surface area contributed by atoms with E-state index in [4.69, 9.17) is 9.90 Å². The second-order valence-electron chi connectivity index (χ2n) is 7.72. The number of nitrogens with one attached hydrogen (secondary N) is 2. The molecule has 0 saturated heterocycles. The third-order valence-electron chi connectivity index (χ3n) is 5.36. The van der Waals surface area contributed by atoms with Gasteiger partial charge in [-0.15, -0.1) is 11.3 Å². The van der Waals surface area contributed by atoms with Gasteiger partial charge in [-0.25, -0.2) is 4.79 Å². The van der Waals surface area contributed by atoms with Crippen LogP contribution in [-0.4, -0.2) is 46.1 Å². The summed E-state index contributed by atoms with van der Waals surface area (Å²) in [5.41, 5.74) is 6.90. The highest BCUT2D eigenvalue weighted by Gasteiger charge is 2.38. The fourth-order valence-corrected chi connectivity index (χ4v) is 4.07. The zero-order valence-corrected chi connectivity index (χ0v) is 19.7. The molecule has 1 aliphatic rings. The zero-order chi connectivity index (χ0) is 25.4. The number of carbonyl (C=O) groups excluding carboxylic acids is 1. The average Bonchev–Trinajstić information content (AvgIpc) is 3.36. The molecule has 0 bridgehead atoms. The lowest BCUT2D eigenvalue weighted by molar-refractivity contribution is -0.192. The number of anilines is 2. The number of aromatic nitrogens is 1. The normalized spacial score (nSPS) is 13.3. The van der Waals surface area contributed by atoms with Crippen LogP contribution in [0, 0.1) is 0 Å². The van der Waals surface area contributed by atoms with Gasteiger partial charge in [0, 0.05) is 41.1 Å². The molecule has 2 aromatic carbocycles. The fraction of sp³-hybridized carbons (Fsp3) is 0.292. The van der Waals surface area contributed by atoms with E-state index in [0.717, 1.165) is 42.3 Å². The van der Waals surface area contributed by atoms with Crippen molar-refractivity contribution in [2.24, 2.45) is 0 Å². The predicted molar refractivity (Wildman–Crippen MR) is 129 cm³/mol. The third kappa shape index (κ3) is 7.52. The van der Waals surface area contributed by atoms with Crippen LogP contribution in [0.25, 0.3) is 0 Å². The van der Waals surface area contributed by atoms with Crippen molar-refractivity contribution in [2.45, 2.75) is 32.6 Å². The standard InChI is InChI=1S/C22H24N4OS.C2HF3O2/c1-2-26-10-9-20-17(14-26)6-4-8-21(20)25-22(27)16-5-3-7-18(11-16)24-13-19-12-23-15-28-19;3-2(4,5)1(6)7/h3-8,11-12,15,24H,2,9-10,13-14H2,1H3,(H,25,27);(H,6,7). The van der Waals surface area contributed by atoms with Crippen LogP contribution in [0.1, 0.15) is 33.3 Å². The molecule has 35 heavy (non-hydrogen) atoms. The molecule has 2 heterocycles. The number of carbonyl (C=O) groups is 2. The van der Waals surface area contributed by atoms with E-state index < -0.39 is 12.1 Å². The van der Waals surface area contributed by atoms with Gasteiger partial charge in [0.15, 0.2) is 0 Å². The van der Waals surface area contributed by atoms with Crippen LogP contribution >= 0.6 is 11.3 Å². The minimum atomic E-state index is -5.08. The number of alkyl halides is 3. The Morgan fingerprint density at radius 3 is 2.60 bits per heavy atom. The number of carboxylic acid groups (broad SMARTS) is 1. The molecule has 186 valence electrons. The van der Waals surface area contributed by atoms with Crippen molar-refractivity contribution in [2.75, 3.05) is 23.7 Å². The number of hydrogen-bond acceptors (Lipinski definition) is 6. The van der Waals surface area contributed by atoms with Gasteiger partial charge >= 0.3 is 12.1 Å². The number of halogens is 3. The van der Waals surface area contributed by atoms with E-state index in [2.05, 4.69) is 33.5 Å². The lowest BCUT2D eigenvalue weighted by Gasteiger charge is -2.29. The highest BCUT2D eigenvalue weighted by molar-refractivity contribution is 7.09. The molecule has 7 nitrogen and oxygen atoms in total. The number of rotatable bonds is 6. The highest BCUT2D eigenvalue weighted by atomic mass is 32.1. The molecule has 3 aromatic rings. The van der Waals surface area contributed by atoms with Crippen LogP contribution in [0.5, 0.6) is 0 Å². The molecule has 0 unspecified atom stereocenters. The van der Waals surface area contributed by atoms with Gasteiger partial charge in [-0.1, -0.05) is 25.1 Å². The molecule has 1 aliphatic heterocycles. The summed E-state index contributed by atoms with van der Waals surface area (Å²) in [4.78, 5) is 29.4. The van der Waals surface area contributed by atoms with E-state index in [0.29, 0.717) is 12.1 Å². The van der Waals surface area contributed by atoms with Gasteiger partial charge in [0.25, 0.3) is 5.91 Å². The second-order valence-corrected chi connectivity index (χ2v) is 8.69. The minimum Gasteiger partial charge on any atom is -0.475 e. The molecule has 0 aliphatic carbocycles. The Labute approximate surface area is 204 Å². The Kier molecular flexibility index (Phi) is 8.83. The number of nitrogens with zero attached hydrogens (tertiary/aromatic N) is 2. The predicted octanol–water partition coefficient (Wildman–Crippen LogP) is 5.02. The first kappa shape index (κ1) is 26.2. The number of fused-ring (bicyclic) bond motifs is 1. The van der Waals surface area contributed by atoms with E-state index in [9.17, 15) is 18.0 Å². The molecule has 1 amide bonds. The van der Waals surface area contributed by atoms with Crippen LogP contribution in [0.15, 0.2) is 54.2 Å². The SMILES string of the molecule is CCN1CCc2c(cccc2NC(=O)c2cccc(NCc3cncs3)c2)C1.O=C(O)C(F)(F)F. The van der Waals surface area contributed by atoms with Gasteiger partial charge in [-0.3, -0.25) is 14.7 Å². The summed E-state index contributed by atoms with van der Waals surface area (Å²) in [7, 11) is 0. The number of amides is 1. The Morgan fingerprint density at radius 1 is 1.20 bits per heavy atom. The second kappa shape index (κ2) is 11.8. The average molecular weight is 507 g/mol. The quantitative estimate of drug-likeness (QED) is 0.435. The van der Waals surface area contributed by atoms with E-state index in [1.54, 1.807) is 11.3 Å². The summed E-state index contributed by atoms with van der Waals surface area (Å²) in [6.07, 6.45) is -2.26. The van der Waals surface area contributed by atoms with Crippen molar-refractivity contribution in [1.82, 2.24) is 9.88 Å². The first-order chi connectivity index (χ1) is 16.7. The number of aliphatic carboxylic acids is 1. The summed E-state index contributed by atoms with van der Waals surface area (Å²) in [6, 6.07) is 13.8. The topological polar surface area (TPSA) is 94.6 Å². The molecule has 3 N–H and O–H groups in total. The molecular formula is C24H25F3N4O3S. The van der Waals surface area contributed by atoms with E-state index in [1.165, 1.54) is 11.1 Å². The first-order valence-corrected chi connectivity index (χ1v) is 11.7. The number of thiazole rings is 1. The summed E-state index contributed by atoms with van der Waals surface area (Å²) < 4.78 is 31.7. The van der Waals surface area contributed by atoms with E-state index in [-0.39, 0.29) is 5.91 Å². The van der Waals surface area contributed by atoms with Crippen LogP contribution in [0.4, 0.5) is 24.5 Å². The van der Waals surface area contributed by atoms with Gasteiger partial charge < -0.3 is 15.7 Å². The molecule has 0 fully saturated rings. The number of benzene rings is 2. The van der Waals surface area contributed by atoms with Crippen molar-refractivity contribution in [1.29, 1.82) is 0 Å². The largest absolute Gasteiger partial charge is 0.490 e. The van der Waals surface area contributed by atoms with Gasteiger partial charge in [0.05, 0.1) is 12.1 Å². The number of likely N-dealkylation sites (N-methyl/N-ethyl adjacent to an activating group) is 1. The summed E-state index contributed by atoms with van der Waals surface area (Å²) in [5, 5.41) is 13.6. The van der Waals surface area contributed by atoms with E-state index >= 15 is 0 Å². The van der Waals surface area contributed by atoms with Crippen molar-refractivity contribution in [3.05, 3.63) is 75.7 Å². The maximum absolute atomic E-state index is 12.8.